The van der Waals surface area contributed by atoms with E-state index in [-0.39, 0.29) is 24.3 Å². The molecule has 0 radical (unpaired) electrons. The zero-order chi connectivity index (χ0) is 21.4. The minimum atomic E-state index is -0.573. The smallest absolute Gasteiger partial charge is 0.150 e. The molecule has 7 nitrogen and oxygen atoms in total. The molecule has 5 rings (SSSR count). The van der Waals surface area contributed by atoms with Crippen LogP contribution in [0.25, 0.3) is 0 Å². The van der Waals surface area contributed by atoms with Gasteiger partial charge in [-0.2, -0.15) is 0 Å². The highest BCUT2D eigenvalue weighted by molar-refractivity contribution is 5.85. The predicted octanol–water partition coefficient (Wildman–Crippen LogP) is 4.31. The van der Waals surface area contributed by atoms with Crippen LogP contribution < -0.4 is 15.5 Å². The molecular formula is C23H26ClFN6O. The maximum absolute atomic E-state index is 13.3. The van der Waals surface area contributed by atoms with E-state index >= 15 is 0 Å². The maximum Gasteiger partial charge on any atom is 0.150 e. The standard InChI is InChI=1S/C23H25FN6O.ClH/c1-15(16-2-6-18(24)7-3-16)27-20-10-19(30-13-23(31,14-30)17-4-5-17)11-21(28-20)29-22-12-25-8-9-26-22;/h2-3,6-12,15,17,31H,4-5,13-14H2,1H3,(H2,26,27,28,29);1H/t15-;/m0./s1. The van der Waals surface area contributed by atoms with E-state index in [1.165, 1.54) is 12.1 Å². The number of rotatable bonds is 7. The molecule has 1 aromatic carbocycles. The molecule has 1 atom stereocenters. The zero-order valence-electron chi connectivity index (χ0n) is 17.7. The van der Waals surface area contributed by atoms with Gasteiger partial charge in [0.25, 0.3) is 0 Å². The van der Waals surface area contributed by atoms with Crippen LogP contribution in [0.2, 0.25) is 0 Å². The molecule has 0 unspecified atom stereocenters. The fourth-order valence-corrected chi connectivity index (χ4v) is 4.06. The van der Waals surface area contributed by atoms with E-state index in [0.29, 0.717) is 36.5 Å². The number of hydrogen-bond donors (Lipinski definition) is 3. The number of nitrogens with zero attached hydrogens (tertiary/aromatic N) is 4. The lowest BCUT2D eigenvalue weighted by atomic mass is 9.88. The lowest BCUT2D eigenvalue weighted by Gasteiger charge is -2.48. The van der Waals surface area contributed by atoms with E-state index in [9.17, 15) is 9.50 Å². The van der Waals surface area contributed by atoms with Crippen molar-refractivity contribution in [2.75, 3.05) is 28.6 Å². The second-order valence-corrected chi connectivity index (χ2v) is 8.46. The molecule has 168 valence electrons. The lowest BCUT2D eigenvalue weighted by Crippen LogP contribution is -2.63. The second kappa shape index (κ2) is 8.88. The Bertz CT molecular complexity index is 1060. The van der Waals surface area contributed by atoms with E-state index < -0.39 is 5.60 Å². The molecular weight excluding hydrogens is 431 g/mol. The molecule has 1 aliphatic heterocycles. The molecule has 1 saturated carbocycles. The third kappa shape index (κ3) is 4.76. The number of aliphatic hydroxyl groups is 1. The summed E-state index contributed by atoms with van der Waals surface area (Å²) in [6.45, 7) is 3.26. The number of anilines is 4. The number of β-amino-alcohol motifs (C(OH)–C–C–N with tert-alkyl or cyclic N) is 1. The van der Waals surface area contributed by atoms with Gasteiger partial charge in [-0.25, -0.2) is 14.4 Å². The van der Waals surface area contributed by atoms with E-state index in [4.69, 9.17) is 0 Å². The van der Waals surface area contributed by atoms with Crippen LogP contribution in [-0.4, -0.2) is 38.7 Å². The summed E-state index contributed by atoms with van der Waals surface area (Å²) in [6.07, 6.45) is 7.10. The van der Waals surface area contributed by atoms with Crippen LogP contribution in [0.4, 0.5) is 27.5 Å². The molecule has 2 aromatic heterocycles. The van der Waals surface area contributed by atoms with E-state index in [0.717, 1.165) is 24.1 Å². The summed E-state index contributed by atoms with van der Waals surface area (Å²) in [6, 6.07) is 10.3. The molecule has 2 aliphatic rings. The fourth-order valence-electron chi connectivity index (χ4n) is 4.06. The number of pyridine rings is 1. The van der Waals surface area contributed by atoms with Gasteiger partial charge < -0.3 is 20.6 Å². The molecule has 1 aliphatic carbocycles. The van der Waals surface area contributed by atoms with Crippen LogP contribution in [0.3, 0.4) is 0 Å². The summed E-state index contributed by atoms with van der Waals surface area (Å²) in [5.74, 6) is 2.09. The number of aromatic nitrogens is 3. The normalized spacial score (nSPS) is 17.7. The molecule has 3 heterocycles. The van der Waals surface area contributed by atoms with Crippen molar-refractivity contribution >= 4 is 35.5 Å². The Hall–Kier alpha value is -2.97. The van der Waals surface area contributed by atoms with Gasteiger partial charge in [-0.15, -0.1) is 12.4 Å². The summed E-state index contributed by atoms with van der Waals surface area (Å²) in [5.41, 5.74) is 1.36. The Balaban J connectivity index is 0.00000245. The Morgan fingerprint density at radius 3 is 2.47 bits per heavy atom. The zero-order valence-corrected chi connectivity index (χ0v) is 18.5. The van der Waals surface area contributed by atoms with Crippen LogP contribution in [0.1, 0.15) is 31.4 Å². The molecule has 9 heteroatoms. The molecule has 3 N–H and O–H groups in total. The van der Waals surface area contributed by atoms with Gasteiger partial charge in [0, 0.05) is 49.3 Å². The van der Waals surface area contributed by atoms with Gasteiger partial charge in [0.1, 0.15) is 28.9 Å². The Kier molecular flexibility index (Phi) is 6.17. The largest absolute Gasteiger partial charge is 0.386 e. The SMILES string of the molecule is C[C@H](Nc1cc(N2CC(O)(C3CC3)C2)cc(Nc2cnccn2)n1)c1ccc(F)cc1.Cl. The van der Waals surface area contributed by atoms with Crippen molar-refractivity contribution in [1.82, 2.24) is 15.0 Å². The molecule has 0 bridgehead atoms. The Morgan fingerprint density at radius 2 is 1.81 bits per heavy atom. The van der Waals surface area contributed by atoms with Crippen molar-refractivity contribution in [2.45, 2.75) is 31.4 Å². The minimum absolute atomic E-state index is 0. The topological polar surface area (TPSA) is 86.2 Å². The molecule has 1 saturated heterocycles. The van der Waals surface area contributed by atoms with Gasteiger partial charge >= 0.3 is 0 Å². The van der Waals surface area contributed by atoms with Gasteiger partial charge in [0.15, 0.2) is 0 Å². The average molecular weight is 457 g/mol. The first-order chi connectivity index (χ1) is 15.0. The molecule has 32 heavy (non-hydrogen) atoms. The first kappa shape index (κ1) is 22.2. The maximum atomic E-state index is 13.3. The first-order valence-electron chi connectivity index (χ1n) is 10.5. The highest BCUT2D eigenvalue weighted by Gasteiger charge is 2.52. The van der Waals surface area contributed by atoms with Gasteiger partial charge in [-0.3, -0.25) is 4.98 Å². The van der Waals surface area contributed by atoms with E-state index in [1.54, 1.807) is 30.7 Å². The number of benzene rings is 1. The van der Waals surface area contributed by atoms with Crippen molar-refractivity contribution in [2.24, 2.45) is 5.92 Å². The lowest BCUT2D eigenvalue weighted by molar-refractivity contribution is -0.00930. The summed E-state index contributed by atoms with van der Waals surface area (Å²) in [4.78, 5) is 15.2. The van der Waals surface area contributed by atoms with E-state index in [2.05, 4.69) is 30.5 Å². The van der Waals surface area contributed by atoms with E-state index in [1.807, 2.05) is 19.1 Å². The van der Waals surface area contributed by atoms with Crippen molar-refractivity contribution in [3.8, 4) is 0 Å². The molecule has 3 aromatic rings. The minimum Gasteiger partial charge on any atom is -0.386 e. The molecule has 0 spiro atoms. The monoisotopic (exact) mass is 456 g/mol. The van der Waals surface area contributed by atoms with Gasteiger partial charge in [-0.05, 0) is 43.4 Å². The second-order valence-electron chi connectivity index (χ2n) is 8.46. The average Bonchev–Trinajstić information content (AvgIpc) is 3.58. The predicted molar refractivity (Wildman–Crippen MR) is 125 cm³/mol. The van der Waals surface area contributed by atoms with Crippen molar-refractivity contribution < 1.29 is 9.50 Å². The summed E-state index contributed by atoms with van der Waals surface area (Å²) < 4.78 is 13.3. The Labute approximate surface area is 192 Å². The number of hydrogen-bond acceptors (Lipinski definition) is 7. The first-order valence-corrected chi connectivity index (χ1v) is 10.5. The van der Waals surface area contributed by atoms with Crippen LogP contribution >= 0.6 is 12.4 Å². The van der Waals surface area contributed by atoms with Crippen LogP contribution in [0.5, 0.6) is 0 Å². The van der Waals surface area contributed by atoms with Gasteiger partial charge in [0.05, 0.1) is 6.20 Å². The number of halogens is 2. The van der Waals surface area contributed by atoms with Crippen molar-refractivity contribution in [3.63, 3.8) is 0 Å². The van der Waals surface area contributed by atoms with Gasteiger partial charge in [0.2, 0.25) is 0 Å². The summed E-state index contributed by atoms with van der Waals surface area (Å²) in [5, 5.41) is 17.3. The molecule has 2 fully saturated rings. The summed E-state index contributed by atoms with van der Waals surface area (Å²) >= 11 is 0. The van der Waals surface area contributed by atoms with Crippen molar-refractivity contribution in [1.29, 1.82) is 0 Å². The highest BCUT2D eigenvalue weighted by Crippen LogP contribution is 2.46. The fraction of sp³-hybridized carbons (Fsp3) is 0.348. The van der Waals surface area contributed by atoms with Crippen molar-refractivity contribution in [3.05, 3.63) is 66.4 Å². The summed E-state index contributed by atoms with van der Waals surface area (Å²) in [7, 11) is 0. The van der Waals surface area contributed by atoms with Crippen LogP contribution in [0, 0.1) is 11.7 Å². The molecule has 0 amide bonds. The third-order valence-electron chi connectivity index (χ3n) is 6.00. The van der Waals surface area contributed by atoms with Crippen LogP contribution in [-0.2, 0) is 0 Å². The Morgan fingerprint density at radius 1 is 1.09 bits per heavy atom. The van der Waals surface area contributed by atoms with Gasteiger partial charge in [-0.1, -0.05) is 12.1 Å². The quantitative estimate of drug-likeness (QED) is 0.488. The van der Waals surface area contributed by atoms with Crippen LogP contribution in [0.15, 0.2) is 55.0 Å². The number of nitrogens with one attached hydrogen (secondary N) is 2. The third-order valence-corrected chi connectivity index (χ3v) is 6.00. The highest BCUT2D eigenvalue weighted by atomic mass is 35.5.